The molecule has 0 fully saturated rings. The Morgan fingerprint density at radius 2 is 1.78 bits per heavy atom. The third-order valence-corrected chi connectivity index (χ3v) is 3.79. The average molecular weight is 361 g/mol. The van der Waals surface area contributed by atoms with Crippen LogP contribution in [-0.4, -0.2) is 48.9 Å². The Morgan fingerprint density at radius 1 is 1.13 bits per heavy atom. The first kappa shape index (κ1) is 19.3. The van der Waals surface area contributed by atoms with Gasteiger partial charge in [-0.25, -0.2) is 0 Å². The van der Waals surface area contributed by atoms with Gasteiger partial charge in [0.25, 0.3) is 11.8 Å². The van der Waals surface area contributed by atoms with Gasteiger partial charge in [0.15, 0.2) is 6.61 Å². The number of nitrogens with zero attached hydrogens (tertiary/aromatic N) is 1. The van der Waals surface area contributed by atoms with E-state index in [4.69, 9.17) is 27.9 Å². The summed E-state index contributed by atoms with van der Waals surface area (Å²) < 4.78 is 4.83. The average Bonchev–Trinajstić information content (AvgIpc) is 2.54. The zero-order valence-corrected chi connectivity index (χ0v) is 14.4. The Hall–Kier alpha value is -1.79. The van der Waals surface area contributed by atoms with Crippen molar-refractivity contribution in [3.8, 4) is 0 Å². The molecule has 1 N–H and O–H groups in total. The van der Waals surface area contributed by atoms with E-state index in [2.05, 4.69) is 5.32 Å². The first-order chi connectivity index (χ1) is 10.9. The Balaban J connectivity index is 2.42. The van der Waals surface area contributed by atoms with Crippen LogP contribution in [0, 0.1) is 0 Å². The molecule has 1 aromatic carbocycles. The normalized spacial score (nSPS) is 10.1. The number of carbonyl (C=O) groups excluding carboxylic acids is 3. The molecule has 6 nitrogen and oxygen atoms in total. The molecule has 0 aliphatic carbocycles. The number of esters is 1. The predicted octanol–water partition coefficient (Wildman–Crippen LogP) is 2.13. The van der Waals surface area contributed by atoms with Crippen LogP contribution in [0.1, 0.15) is 24.2 Å². The molecule has 0 saturated heterocycles. The molecule has 0 saturated carbocycles. The van der Waals surface area contributed by atoms with E-state index >= 15 is 0 Å². The van der Waals surface area contributed by atoms with E-state index in [1.165, 1.54) is 18.2 Å². The first-order valence-corrected chi connectivity index (χ1v) is 7.81. The molecule has 2 amide bonds. The van der Waals surface area contributed by atoms with Crippen LogP contribution in [0.25, 0.3) is 0 Å². The number of rotatable bonds is 7. The lowest BCUT2D eigenvalue weighted by molar-refractivity contribution is -0.151. The number of hydrogen-bond acceptors (Lipinski definition) is 4. The lowest BCUT2D eigenvalue weighted by Gasteiger charge is -2.18. The van der Waals surface area contributed by atoms with Crippen LogP contribution in [0.5, 0.6) is 0 Å². The van der Waals surface area contributed by atoms with E-state index < -0.39 is 11.9 Å². The second-order valence-corrected chi connectivity index (χ2v) is 5.35. The molecule has 0 heterocycles. The van der Waals surface area contributed by atoms with Crippen LogP contribution in [0.15, 0.2) is 18.2 Å². The second kappa shape index (κ2) is 9.37. The summed E-state index contributed by atoms with van der Waals surface area (Å²) in [5.41, 5.74) is 0.270. The molecule has 1 rings (SSSR count). The lowest BCUT2D eigenvalue weighted by Crippen LogP contribution is -2.36. The van der Waals surface area contributed by atoms with E-state index in [9.17, 15) is 14.4 Å². The standard InChI is InChI=1S/C15H18Cl2N2O4/c1-3-19(4-2)13(20)9-23-14(21)8-18-15(22)10-5-6-11(16)12(17)7-10/h5-7H,3-4,8-9H2,1-2H3,(H,18,22). The third-order valence-electron chi connectivity index (χ3n) is 3.05. The monoisotopic (exact) mass is 360 g/mol. The van der Waals surface area contributed by atoms with Gasteiger partial charge in [0, 0.05) is 18.7 Å². The molecule has 0 atom stereocenters. The molecule has 0 spiro atoms. The van der Waals surface area contributed by atoms with E-state index in [1.54, 1.807) is 4.90 Å². The molecule has 0 bridgehead atoms. The number of ether oxygens (including phenoxy) is 1. The van der Waals surface area contributed by atoms with Crippen molar-refractivity contribution in [3.05, 3.63) is 33.8 Å². The van der Waals surface area contributed by atoms with Gasteiger partial charge in [-0.2, -0.15) is 0 Å². The Labute approximate surface area is 144 Å². The fourth-order valence-corrected chi connectivity index (χ4v) is 2.05. The number of amides is 2. The van der Waals surface area contributed by atoms with Crippen molar-refractivity contribution in [1.82, 2.24) is 10.2 Å². The number of carbonyl (C=O) groups is 3. The zero-order valence-electron chi connectivity index (χ0n) is 12.9. The van der Waals surface area contributed by atoms with E-state index in [0.29, 0.717) is 18.1 Å². The quantitative estimate of drug-likeness (QED) is 0.755. The van der Waals surface area contributed by atoms with E-state index in [0.717, 1.165) is 0 Å². The molecule has 1 aromatic rings. The molecule has 0 aliphatic heterocycles. The van der Waals surface area contributed by atoms with Gasteiger partial charge < -0.3 is 15.0 Å². The summed E-state index contributed by atoms with van der Waals surface area (Å²) in [4.78, 5) is 36.6. The minimum atomic E-state index is -0.695. The van der Waals surface area contributed by atoms with Crippen molar-refractivity contribution in [2.75, 3.05) is 26.2 Å². The smallest absolute Gasteiger partial charge is 0.325 e. The summed E-state index contributed by atoms with van der Waals surface area (Å²) in [6.45, 7) is 4.07. The SMILES string of the molecule is CCN(CC)C(=O)COC(=O)CNC(=O)c1ccc(Cl)c(Cl)c1. The van der Waals surface area contributed by atoms with Crippen LogP contribution in [-0.2, 0) is 14.3 Å². The number of likely N-dealkylation sites (N-methyl/N-ethyl adjacent to an activating group) is 1. The fraction of sp³-hybridized carbons (Fsp3) is 0.400. The van der Waals surface area contributed by atoms with Gasteiger partial charge in [0.2, 0.25) is 0 Å². The summed E-state index contributed by atoms with van der Waals surface area (Å²) in [6, 6.07) is 4.37. The van der Waals surface area contributed by atoms with E-state index in [1.807, 2.05) is 13.8 Å². The summed E-state index contributed by atoms with van der Waals surface area (Å²) in [5.74, 6) is -1.46. The number of nitrogens with one attached hydrogen (secondary N) is 1. The molecule has 0 unspecified atom stereocenters. The molecule has 0 radical (unpaired) electrons. The second-order valence-electron chi connectivity index (χ2n) is 4.54. The maximum atomic E-state index is 11.9. The van der Waals surface area contributed by atoms with Crippen molar-refractivity contribution in [3.63, 3.8) is 0 Å². The maximum Gasteiger partial charge on any atom is 0.325 e. The van der Waals surface area contributed by atoms with Crippen molar-refractivity contribution in [2.24, 2.45) is 0 Å². The molecule has 0 aromatic heterocycles. The van der Waals surface area contributed by atoms with Crippen molar-refractivity contribution in [1.29, 1.82) is 0 Å². The van der Waals surface area contributed by atoms with Crippen LogP contribution in [0.4, 0.5) is 0 Å². The van der Waals surface area contributed by atoms with Crippen LogP contribution >= 0.6 is 23.2 Å². The summed E-state index contributed by atoms with van der Waals surface area (Å²) >= 11 is 11.6. The predicted molar refractivity (Wildman–Crippen MR) is 87.7 cm³/mol. The molecular formula is C15H18Cl2N2O4. The van der Waals surface area contributed by atoms with Crippen molar-refractivity contribution in [2.45, 2.75) is 13.8 Å². The van der Waals surface area contributed by atoms with Crippen LogP contribution in [0.3, 0.4) is 0 Å². The fourth-order valence-electron chi connectivity index (χ4n) is 1.75. The Bertz CT molecular complexity index is 589. The molecular weight excluding hydrogens is 343 g/mol. The minimum absolute atomic E-state index is 0.242. The van der Waals surface area contributed by atoms with Gasteiger partial charge in [-0.1, -0.05) is 23.2 Å². The third kappa shape index (κ3) is 6.08. The number of hydrogen-bond donors (Lipinski definition) is 1. The lowest BCUT2D eigenvalue weighted by atomic mass is 10.2. The zero-order chi connectivity index (χ0) is 17.4. The van der Waals surface area contributed by atoms with Crippen molar-refractivity contribution < 1.29 is 19.1 Å². The summed E-state index contributed by atoms with van der Waals surface area (Å²) in [5, 5.41) is 2.96. The van der Waals surface area contributed by atoms with Gasteiger partial charge in [0.05, 0.1) is 10.0 Å². The first-order valence-electron chi connectivity index (χ1n) is 7.05. The summed E-state index contributed by atoms with van der Waals surface area (Å²) in [6.07, 6.45) is 0. The molecule has 126 valence electrons. The van der Waals surface area contributed by atoms with Gasteiger partial charge in [-0.15, -0.1) is 0 Å². The Kier molecular flexibility index (Phi) is 7.85. The molecule has 23 heavy (non-hydrogen) atoms. The highest BCUT2D eigenvalue weighted by Gasteiger charge is 2.14. The highest BCUT2D eigenvalue weighted by Crippen LogP contribution is 2.22. The number of benzene rings is 1. The van der Waals surface area contributed by atoms with Crippen LogP contribution in [0.2, 0.25) is 10.0 Å². The van der Waals surface area contributed by atoms with Gasteiger partial charge >= 0.3 is 5.97 Å². The highest BCUT2D eigenvalue weighted by molar-refractivity contribution is 6.42. The highest BCUT2D eigenvalue weighted by atomic mass is 35.5. The number of halogens is 2. The molecule has 0 aliphatic rings. The topological polar surface area (TPSA) is 75.7 Å². The van der Waals surface area contributed by atoms with Gasteiger partial charge in [-0.3, -0.25) is 14.4 Å². The van der Waals surface area contributed by atoms with E-state index in [-0.39, 0.29) is 29.6 Å². The van der Waals surface area contributed by atoms with Crippen molar-refractivity contribution >= 4 is 41.0 Å². The largest absolute Gasteiger partial charge is 0.454 e. The van der Waals surface area contributed by atoms with Gasteiger partial charge in [-0.05, 0) is 32.0 Å². The Morgan fingerprint density at radius 3 is 2.35 bits per heavy atom. The maximum absolute atomic E-state index is 11.9. The van der Waals surface area contributed by atoms with Crippen LogP contribution < -0.4 is 5.32 Å². The molecule has 8 heteroatoms. The summed E-state index contributed by atoms with van der Waals surface area (Å²) in [7, 11) is 0. The minimum Gasteiger partial charge on any atom is -0.454 e. The van der Waals surface area contributed by atoms with Gasteiger partial charge in [0.1, 0.15) is 6.54 Å².